The molecule has 1 unspecified atom stereocenters. The van der Waals surface area contributed by atoms with Gasteiger partial charge in [0.05, 0.1) is 19.3 Å². The van der Waals surface area contributed by atoms with E-state index >= 15 is 0 Å². The molecule has 6 nitrogen and oxygen atoms in total. The van der Waals surface area contributed by atoms with Gasteiger partial charge >= 0.3 is 0 Å². The normalized spacial score (nSPS) is 17.1. The number of guanidine groups is 1. The van der Waals surface area contributed by atoms with E-state index in [0.29, 0.717) is 6.04 Å². The van der Waals surface area contributed by atoms with Crippen LogP contribution in [0.3, 0.4) is 0 Å². The number of aliphatic imine (C=N–C) groups is 1. The molecule has 0 amide bonds. The van der Waals surface area contributed by atoms with Crippen LogP contribution in [-0.2, 0) is 4.74 Å². The van der Waals surface area contributed by atoms with Gasteiger partial charge in [0.15, 0.2) is 5.96 Å². The first-order valence-corrected chi connectivity index (χ1v) is 11.7. The predicted octanol–water partition coefficient (Wildman–Crippen LogP) is 2.80. The maximum atomic E-state index is 5.53. The van der Waals surface area contributed by atoms with E-state index in [1.54, 1.807) is 0 Å². The number of hydrogen-bond acceptors (Lipinski definition) is 5. The van der Waals surface area contributed by atoms with Gasteiger partial charge in [-0.2, -0.15) is 0 Å². The predicted molar refractivity (Wildman–Crippen MR) is 120 cm³/mol. The molecule has 1 aliphatic heterocycles. The molecule has 0 radical (unpaired) electrons. The highest BCUT2D eigenvalue weighted by molar-refractivity contribution is 7.10. The van der Waals surface area contributed by atoms with Crippen molar-refractivity contribution in [3.8, 4) is 0 Å². The first kappa shape index (κ1) is 23.1. The number of rotatable bonds is 12. The molecule has 0 saturated carbocycles. The molecule has 7 heteroatoms. The molecule has 0 aliphatic carbocycles. The van der Waals surface area contributed by atoms with Crippen LogP contribution in [-0.4, -0.2) is 81.8 Å². The SMILES string of the molecule is CCCN(CCC)CCCNC(=NC)NCC(c1cccs1)N1CCOCC1. The second-order valence-corrected chi connectivity index (χ2v) is 8.23. The molecule has 2 N–H and O–H groups in total. The summed E-state index contributed by atoms with van der Waals surface area (Å²) in [4.78, 5) is 10.9. The van der Waals surface area contributed by atoms with Gasteiger partial charge in [-0.25, -0.2) is 0 Å². The summed E-state index contributed by atoms with van der Waals surface area (Å²) in [6, 6.07) is 4.74. The Balaban J connectivity index is 1.77. The van der Waals surface area contributed by atoms with Crippen molar-refractivity contribution in [1.29, 1.82) is 0 Å². The van der Waals surface area contributed by atoms with Crippen molar-refractivity contribution in [2.24, 2.45) is 4.99 Å². The van der Waals surface area contributed by atoms with Gasteiger partial charge in [0.25, 0.3) is 0 Å². The van der Waals surface area contributed by atoms with E-state index in [4.69, 9.17) is 4.74 Å². The lowest BCUT2D eigenvalue weighted by atomic mass is 10.2. The van der Waals surface area contributed by atoms with Crippen molar-refractivity contribution in [2.75, 3.05) is 66.1 Å². The van der Waals surface area contributed by atoms with E-state index in [9.17, 15) is 0 Å². The molecule has 0 bridgehead atoms. The largest absolute Gasteiger partial charge is 0.379 e. The molecule has 1 atom stereocenters. The summed E-state index contributed by atoms with van der Waals surface area (Å²) in [5.74, 6) is 0.896. The van der Waals surface area contributed by atoms with Crippen molar-refractivity contribution in [2.45, 2.75) is 39.2 Å². The van der Waals surface area contributed by atoms with Gasteiger partial charge in [-0.15, -0.1) is 11.3 Å². The lowest BCUT2D eigenvalue weighted by Crippen LogP contribution is -2.46. The van der Waals surface area contributed by atoms with Crippen LogP contribution in [0.1, 0.15) is 44.0 Å². The molecule has 1 aliphatic rings. The van der Waals surface area contributed by atoms with E-state index in [2.05, 4.69) is 56.8 Å². The van der Waals surface area contributed by atoms with Crippen LogP contribution in [0.2, 0.25) is 0 Å². The van der Waals surface area contributed by atoms with Crippen LogP contribution in [0.4, 0.5) is 0 Å². The number of ether oxygens (including phenoxy) is 1. The number of morpholine rings is 1. The van der Waals surface area contributed by atoms with Crippen LogP contribution in [0.25, 0.3) is 0 Å². The minimum absolute atomic E-state index is 0.368. The lowest BCUT2D eigenvalue weighted by Gasteiger charge is -2.34. The van der Waals surface area contributed by atoms with Crippen LogP contribution in [0, 0.1) is 0 Å². The molecule has 1 aromatic rings. The molecule has 2 rings (SSSR count). The lowest BCUT2D eigenvalue weighted by molar-refractivity contribution is 0.0177. The Morgan fingerprint density at radius 3 is 2.57 bits per heavy atom. The maximum absolute atomic E-state index is 5.53. The molecular weight excluding hydrogens is 370 g/mol. The zero-order chi connectivity index (χ0) is 20.0. The molecule has 28 heavy (non-hydrogen) atoms. The number of thiophene rings is 1. The zero-order valence-corrected chi connectivity index (χ0v) is 18.8. The Morgan fingerprint density at radius 1 is 1.21 bits per heavy atom. The van der Waals surface area contributed by atoms with Gasteiger partial charge in [0.1, 0.15) is 0 Å². The van der Waals surface area contributed by atoms with E-state index < -0.39 is 0 Å². The fourth-order valence-electron chi connectivity index (χ4n) is 3.67. The van der Waals surface area contributed by atoms with Gasteiger partial charge in [-0.1, -0.05) is 19.9 Å². The van der Waals surface area contributed by atoms with E-state index in [1.165, 1.54) is 30.8 Å². The Morgan fingerprint density at radius 2 is 1.96 bits per heavy atom. The van der Waals surface area contributed by atoms with Gasteiger partial charge < -0.3 is 20.3 Å². The molecular formula is C21H39N5OS. The number of hydrogen-bond donors (Lipinski definition) is 2. The molecule has 1 saturated heterocycles. The van der Waals surface area contributed by atoms with Gasteiger partial charge in [0, 0.05) is 38.1 Å². The third-order valence-electron chi connectivity index (χ3n) is 5.07. The minimum Gasteiger partial charge on any atom is -0.379 e. The summed E-state index contributed by atoms with van der Waals surface area (Å²) < 4.78 is 5.53. The second-order valence-electron chi connectivity index (χ2n) is 7.25. The van der Waals surface area contributed by atoms with Gasteiger partial charge in [-0.3, -0.25) is 9.89 Å². The highest BCUT2D eigenvalue weighted by atomic mass is 32.1. The summed E-state index contributed by atoms with van der Waals surface area (Å²) in [6.45, 7) is 13.5. The molecule has 0 spiro atoms. The number of nitrogens with one attached hydrogen (secondary N) is 2. The highest BCUT2D eigenvalue weighted by Gasteiger charge is 2.23. The average molecular weight is 410 g/mol. The van der Waals surface area contributed by atoms with Gasteiger partial charge in [-0.05, 0) is 50.3 Å². The Labute approximate surface area is 175 Å². The zero-order valence-electron chi connectivity index (χ0n) is 18.0. The maximum Gasteiger partial charge on any atom is 0.191 e. The average Bonchev–Trinajstić information content (AvgIpc) is 3.25. The van der Waals surface area contributed by atoms with E-state index in [0.717, 1.165) is 58.3 Å². The van der Waals surface area contributed by atoms with Gasteiger partial charge in [0.2, 0.25) is 0 Å². The van der Waals surface area contributed by atoms with Crippen molar-refractivity contribution in [3.63, 3.8) is 0 Å². The third kappa shape index (κ3) is 8.07. The Bertz CT molecular complexity index is 525. The number of nitrogens with zero attached hydrogens (tertiary/aromatic N) is 3. The molecule has 0 aromatic carbocycles. The minimum atomic E-state index is 0.368. The van der Waals surface area contributed by atoms with E-state index in [1.807, 2.05) is 18.4 Å². The summed E-state index contributed by atoms with van der Waals surface area (Å²) in [5.41, 5.74) is 0. The summed E-state index contributed by atoms with van der Waals surface area (Å²) in [6.07, 6.45) is 3.59. The standard InChI is InChI=1S/C21H39N5OS/c1-4-10-25(11-5-2)12-7-9-23-21(22-3)24-18-19(20-8-6-17-28-20)26-13-15-27-16-14-26/h6,8,17,19H,4-5,7,9-16,18H2,1-3H3,(H2,22,23,24). The summed E-state index contributed by atoms with van der Waals surface area (Å²) >= 11 is 1.83. The Kier molecular flexibility index (Phi) is 11.5. The second kappa shape index (κ2) is 13.9. The smallest absolute Gasteiger partial charge is 0.191 e. The fraction of sp³-hybridized carbons (Fsp3) is 0.762. The van der Waals surface area contributed by atoms with Crippen molar-refractivity contribution in [1.82, 2.24) is 20.4 Å². The first-order valence-electron chi connectivity index (χ1n) is 10.8. The fourth-order valence-corrected chi connectivity index (χ4v) is 4.53. The molecule has 1 aromatic heterocycles. The van der Waals surface area contributed by atoms with E-state index in [-0.39, 0.29) is 0 Å². The van der Waals surface area contributed by atoms with Crippen molar-refractivity contribution >= 4 is 17.3 Å². The highest BCUT2D eigenvalue weighted by Crippen LogP contribution is 2.25. The van der Waals surface area contributed by atoms with Crippen molar-refractivity contribution < 1.29 is 4.74 Å². The summed E-state index contributed by atoms with van der Waals surface area (Å²) in [5, 5.41) is 9.19. The quantitative estimate of drug-likeness (QED) is 0.316. The van der Waals surface area contributed by atoms with Crippen LogP contribution >= 0.6 is 11.3 Å². The van der Waals surface area contributed by atoms with Crippen LogP contribution in [0.5, 0.6) is 0 Å². The van der Waals surface area contributed by atoms with Crippen LogP contribution in [0.15, 0.2) is 22.5 Å². The third-order valence-corrected chi connectivity index (χ3v) is 6.04. The van der Waals surface area contributed by atoms with Crippen LogP contribution < -0.4 is 10.6 Å². The summed E-state index contributed by atoms with van der Waals surface area (Å²) in [7, 11) is 1.85. The Hall–Kier alpha value is -1.15. The monoisotopic (exact) mass is 409 g/mol. The topological polar surface area (TPSA) is 52.1 Å². The molecule has 2 heterocycles. The van der Waals surface area contributed by atoms with Crippen molar-refractivity contribution in [3.05, 3.63) is 22.4 Å². The molecule has 1 fully saturated rings. The first-order chi connectivity index (χ1) is 13.8. The molecule has 160 valence electrons.